The number of rotatable bonds is 5. The molecule has 1 N–H and O–H groups in total. The van der Waals surface area contributed by atoms with E-state index in [1.807, 2.05) is 0 Å². The smallest absolute Gasteiger partial charge is 0.326 e. The first kappa shape index (κ1) is 18.2. The summed E-state index contributed by atoms with van der Waals surface area (Å²) in [6.45, 7) is -0.890. The van der Waals surface area contributed by atoms with Crippen LogP contribution in [-0.2, 0) is 23.9 Å². The number of hydrogen-bond acceptors (Lipinski definition) is 5. The number of nitrogens with one attached hydrogen (secondary N) is 1. The van der Waals surface area contributed by atoms with Gasteiger partial charge in [-0.25, -0.2) is 0 Å². The van der Waals surface area contributed by atoms with Crippen molar-refractivity contribution in [1.29, 1.82) is 0 Å². The molecule has 3 fully saturated rings. The number of imide groups is 1. The number of fused-ring (bicyclic) bond motifs is 5. The Morgan fingerprint density at radius 2 is 1.67 bits per heavy atom. The minimum absolute atomic E-state index is 0.256. The zero-order valence-corrected chi connectivity index (χ0v) is 16.1. The number of esters is 1. The molecule has 2 saturated carbocycles. The van der Waals surface area contributed by atoms with E-state index in [4.69, 9.17) is 4.74 Å². The first-order chi connectivity index (χ1) is 12.9. The molecule has 1 aromatic carbocycles. The van der Waals surface area contributed by atoms with Crippen molar-refractivity contribution in [2.75, 3.05) is 18.5 Å². The highest BCUT2D eigenvalue weighted by molar-refractivity contribution is 9.10. The SMILES string of the molecule is O=C(COC(=O)CN1C(=O)[C@@H]2[C@H]3CC[C@@H](C3)[C@H]2C1=O)Nc1ccc(Br)cc1. The molecule has 2 aliphatic carbocycles. The molecule has 1 aromatic rings. The van der Waals surface area contributed by atoms with E-state index in [0.29, 0.717) is 5.69 Å². The molecule has 4 rings (SSSR count). The summed E-state index contributed by atoms with van der Waals surface area (Å²) in [6.07, 6.45) is 2.92. The lowest BCUT2D eigenvalue weighted by Gasteiger charge is -2.19. The highest BCUT2D eigenvalue weighted by Crippen LogP contribution is 2.56. The van der Waals surface area contributed by atoms with Crippen LogP contribution in [0.1, 0.15) is 19.3 Å². The zero-order valence-electron chi connectivity index (χ0n) is 14.5. The molecule has 1 saturated heterocycles. The van der Waals surface area contributed by atoms with Gasteiger partial charge in [0.05, 0.1) is 11.8 Å². The van der Waals surface area contributed by atoms with E-state index in [1.165, 1.54) is 0 Å². The van der Waals surface area contributed by atoms with Gasteiger partial charge in [-0.1, -0.05) is 15.9 Å². The minimum Gasteiger partial charge on any atom is -0.454 e. The van der Waals surface area contributed by atoms with Gasteiger partial charge in [-0.15, -0.1) is 0 Å². The van der Waals surface area contributed by atoms with Crippen LogP contribution in [0.15, 0.2) is 28.7 Å². The van der Waals surface area contributed by atoms with Crippen molar-refractivity contribution in [3.63, 3.8) is 0 Å². The maximum atomic E-state index is 12.5. The van der Waals surface area contributed by atoms with Gasteiger partial charge in [-0.05, 0) is 55.4 Å². The van der Waals surface area contributed by atoms with Crippen LogP contribution in [0.25, 0.3) is 0 Å². The first-order valence-corrected chi connectivity index (χ1v) is 9.79. The summed E-state index contributed by atoms with van der Waals surface area (Å²) in [7, 11) is 0. The number of benzene rings is 1. The van der Waals surface area contributed by atoms with Gasteiger partial charge in [0.15, 0.2) is 6.61 Å². The van der Waals surface area contributed by atoms with Crippen LogP contribution in [-0.4, -0.2) is 41.7 Å². The summed E-state index contributed by atoms with van der Waals surface area (Å²) in [5.41, 5.74) is 0.576. The van der Waals surface area contributed by atoms with Gasteiger partial charge in [0.25, 0.3) is 5.91 Å². The van der Waals surface area contributed by atoms with Crippen LogP contribution in [0.5, 0.6) is 0 Å². The number of nitrogens with zero attached hydrogens (tertiary/aromatic N) is 1. The second-order valence-corrected chi connectivity index (χ2v) is 8.28. The largest absolute Gasteiger partial charge is 0.454 e. The summed E-state index contributed by atoms with van der Waals surface area (Å²) >= 11 is 3.30. The molecule has 3 amide bonds. The molecule has 2 bridgehead atoms. The number of carbonyl (C=O) groups excluding carboxylic acids is 4. The van der Waals surface area contributed by atoms with E-state index in [9.17, 15) is 19.2 Å². The molecule has 1 aliphatic heterocycles. The maximum Gasteiger partial charge on any atom is 0.326 e. The van der Waals surface area contributed by atoms with Gasteiger partial charge in [0.2, 0.25) is 11.8 Å². The van der Waals surface area contributed by atoms with E-state index in [0.717, 1.165) is 28.6 Å². The molecule has 0 aromatic heterocycles. The molecule has 142 valence electrons. The summed E-state index contributed by atoms with van der Waals surface area (Å²) in [4.78, 5) is 50.0. The van der Waals surface area contributed by atoms with Crippen LogP contribution >= 0.6 is 15.9 Å². The van der Waals surface area contributed by atoms with Crippen LogP contribution in [0.4, 0.5) is 5.69 Å². The summed E-state index contributed by atoms with van der Waals surface area (Å²) in [5.74, 6) is -1.73. The third kappa shape index (κ3) is 3.38. The van der Waals surface area contributed by atoms with E-state index >= 15 is 0 Å². The Morgan fingerprint density at radius 1 is 1.07 bits per heavy atom. The second-order valence-electron chi connectivity index (χ2n) is 7.36. The standard InChI is InChI=1S/C19H19BrN2O5/c20-12-3-5-13(6-4-12)21-14(23)9-27-15(24)8-22-18(25)16-10-1-2-11(7-10)17(16)19(22)26/h3-6,10-11,16-17H,1-2,7-9H2,(H,21,23)/t10-,11-,16+,17+/m0/s1. The van der Waals surface area contributed by atoms with Crippen LogP contribution in [0.3, 0.4) is 0 Å². The summed E-state index contributed by atoms with van der Waals surface area (Å²) in [6, 6.07) is 6.96. The second kappa shape index (κ2) is 7.07. The van der Waals surface area contributed by atoms with Crippen LogP contribution in [0, 0.1) is 23.7 Å². The quantitative estimate of drug-likeness (QED) is 0.564. The molecule has 8 heteroatoms. The van der Waals surface area contributed by atoms with Gasteiger partial charge >= 0.3 is 5.97 Å². The lowest BCUT2D eigenvalue weighted by atomic mass is 9.81. The van der Waals surface area contributed by atoms with Gasteiger partial charge in [0.1, 0.15) is 6.54 Å². The van der Waals surface area contributed by atoms with Crippen molar-refractivity contribution in [2.24, 2.45) is 23.7 Å². The van der Waals surface area contributed by atoms with Gasteiger partial charge < -0.3 is 10.1 Å². The number of halogens is 1. The predicted molar refractivity (Wildman–Crippen MR) is 98.3 cm³/mol. The van der Waals surface area contributed by atoms with E-state index < -0.39 is 25.0 Å². The van der Waals surface area contributed by atoms with Crippen molar-refractivity contribution in [3.05, 3.63) is 28.7 Å². The van der Waals surface area contributed by atoms with Crippen molar-refractivity contribution in [1.82, 2.24) is 4.90 Å². The first-order valence-electron chi connectivity index (χ1n) is 9.00. The average molecular weight is 435 g/mol. The molecule has 1 heterocycles. The molecule has 0 spiro atoms. The Morgan fingerprint density at radius 3 is 2.26 bits per heavy atom. The van der Waals surface area contributed by atoms with Crippen LogP contribution < -0.4 is 5.32 Å². The fourth-order valence-corrected chi connectivity index (χ4v) is 4.94. The average Bonchev–Trinajstić information content (AvgIpc) is 3.32. The predicted octanol–water partition coefficient (Wildman–Crippen LogP) is 1.96. The number of ether oxygens (including phenoxy) is 1. The topological polar surface area (TPSA) is 92.8 Å². The number of likely N-dealkylation sites (tertiary alicyclic amines) is 1. The Hall–Kier alpha value is -2.22. The molecular weight excluding hydrogens is 416 g/mol. The highest BCUT2D eigenvalue weighted by Gasteiger charge is 2.61. The maximum absolute atomic E-state index is 12.5. The third-order valence-electron chi connectivity index (χ3n) is 5.80. The zero-order chi connectivity index (χ0) is 19.1. The molecule has 7 nitrogen and oxygen atoms in total. The molecule has 4 atom stereocenters. The molecular formula is C19H19BrN2O5. The van der Waals surface area contributed by atoms with Crippen LogP contribution in [0.2, 0.25) is 0 Å². The Kier molecular flexibility index (Phi) is 4.75. The number of carbonyl (C=O) groups is 4. The lowest BCUT2D eigenvalue weighted by molar-refractivity contribution is -0.154. The molecule has 0 unspecified atom stereocenters. The Balaban J connectivity index is 1.28. The van der Waals surface area contributed by atoms with Crippen molar-refractivity contribution in [2.45, 2.75) is 19.3 Å². The molecule has 3 aliphatic rings. The third-order valence-corrected chi connectivity index (χ3v) is 6.33. The van der Waals surface area contributed by atoms with E-state index in [-0.39, 0.29) is 35.5 Å². The number of anilines is 1. The van der Waals surface area contributed by atoms with Gasteiger partial charge in [0, 0.05) is 10.2 Å². The monoisotopic (exact) mass is 434 g/mol. The Bertz CT molecular complexity index is 781. The van der Waals surface area contributed by atoms with E-state index in [1.54, 1.807) is 24.3 Å². The van der Waals surface area contributed by atoms with Crippen molar-refractivity contribution >= 4 is 45.3 Å². The number of hydrogen-bond donors (Lipinski definition) is 1. The molecule has 27 heavy (non-hydrogen) atoms. The van der Waals surface area contributed by atoms with Gasteiger partial charge in [-0.2, -0.15) is 0 Å². The van der Waals surface area contributed by atoms with Gasteiger partial charge in [-0.3, -0.25) is 24.1 Å². The summed E-state index contributed by atoms with van der Waals surface area (Å²) in [5, 5.41) is 2.60. The lowest BCUT2D eigenvalue weighted by Crippen LogP contribution is -2.38. The van der Waals surface area contributed by atoms with Crippen molar-refractivity contribution in [3.8, 4) is 0 Å². The normalized spacial score (nSPS) is 28.4. The summed E-state index contributed by atoms with van der Waals surface area (Å²) < 4.78 is 5.82. The number of amides is 3. The highest BCUT2D eigenvalue weighted by atomic mass is 79.9. The fourth-order valence-electron chi connectivity index (χ4n) is 4.68. The van der Waals surface area contributed by atoms with E-state index in [2.05, 4.69) is 21.2 Å². The molecule has 0 radical (unpaired) electrons. The van der Waals surface area contributed by atoms with Crippen molar-refractivity contribution < 1.29 is 23.9 Å². The fraction of sp³-hybridized carbons (Fsp3) is 0.474. The minimum atomic E-state index is -0.755. The Labute approximate surface area is 164 Å².